The SMILES string of the molecule is CN(CC1CC1)[C@H](CN)C(=O)Nc1ccc(N2CCOCC2=O)cc1C(F)F. The van der Waals surface area contributed by atoms with E-state index in [1.54, 1.807) is 6.07 Å². The number of likely N-dealkylation sites (N-methyl/N-ethyl adjacent to an activating group) is 1. The Balaban J connectivity index is 1.76. The minimum Gasteiger partial charge on any atom is -0.370 e. The average molecular weight is 396 g/mol. The molecule has 0 spiro atoms. The fourth-order valence-corrected chi connectivity index (χ4v) is 3.34. The first-order chi connectivity index (χ1) is 13.4. The molecule has 0 bridgehead atoms. The number of carbonyl (C=O) groups excluding carboxylic acids is 2. The topological polar surface area (TPSA) is 87.9 Å². The van der Waals surface area contributed by atoms with Crippen molar-refractivity contribution in [1.29, 1.82) is 0 Å². The number of benzene rings is 1. The van der Waals surface area contributed by atoms with Crippen LogP contribution < -0.4 is 16.0 Å². The standard InChI is InChI=1S/C19H26F2N4O3/c1-24(10-12-2-3-12)16(9-22)19(27)23-15-5-4-13(8-14(15)18(20)21)25-6-7-28-11-17(25)26/h4-5,8,12,16,18H,2-3,6-7,9-11,22H2,1H3,(H,23,27)/t16-/m1/s1. The van der Waals surface area contributed by atoms with Crippen molar-refractivity contribution in [3.05, 3.63) is 23.8 Å². The van der Waals surface area contributed by atoms with E-state index in [1.165, 1.54) is 17.0 Å². The third kappa shape index (κ3) is 4.84. The fraction of sp³-hybridized carbons (Fsp3) is 0.579. The number of alkyl halides is 2. The summed E-state index contributed by atoms with van der Waals surface area (Å²) >= 11 is 0. The lowest BCUT2D eigenvalue weighted by Crippen LogP contribution is -2.47. The van der Waals surface area contributed by atoms with E-state index in [-0.39, 0.29) is 30.3 Å². The van der Waals surface area contributed by atoms with Crippen molar-refractivity contribution in [3.8, 4) is 0 Å². The number of nitrogens with one attached hydrogen (secondary N) is 1. The monoisotopic (exact) mass is 396 g/mol. The van der Waals surface area contributed by atoms with E-state index >= 15 is 0 Å². The number of hydrogen-bond acceptors (Lipinski definition) is 5. The maximum absolute atomic E-state index is 13.6. The van der Waals surface area contributed by atoms with Crippen LogP contribution in [0.4, 0.5) is 20.2 Å². The van der Waals surface area contributed by atoms with Crippen LogP contribution in [0.3, 0.4) is 0 Å². The Morgan fingerprint density at radius 3 is 2.79 bits per heavy atom. The normalized spacial score (nSPS) is 18.6. The molecule has 154 valence electrons. The molecular formula is C19H26F2N4O3. The highest BCUT2D eigenvalue weighted by molar-refractivity contribution is 5.97. The zero-order valence-electron chi connectivity index (χ0n) is 15.9. The van der Waals surface area contributed by atoms with Crippen molar-refractivity contribution in [3.63, 3.8) is 0 Å². The summed E-state index contributed by atoms with van der Waals surface area (Å²) in [6.07, 6.45) is -0.520. The van der Waals surface area contributed by atoms with Crippen molar-refractivity contribution < 1.29 is 23.1 Å². The van der Waals surface area contributed by atoms with E-state index in [9.17, 15) is 18.4 Å². The first-order valence-corrected chi connectivity index (χ1v) is 9.42. The molecule has 3 rings (SSSR count). The van der Waals surface area contributed by atoms with Gasteiger partial charge in [0.25, 0.3) is 12.3 Å². The number of carbonyl (C=O) groups is 2. The molecule has 1 saturated carbocycles. The minimum absolute atomic E-state index is 0.0303. The Labute approximate surface area is 162 Å². The number of rotatable bonds is 8. The molecular weight excluding hydrogens is 370 g/mol. The van der Waals surface area contributed by atoms with Gasteiger partial charge in [-0.15, -0.1) is 0 Å². The van der Waals surface area contributed by atoms with Gasteiger partial charge in [0.2, 0.25) is 5.91 Å². The summed E-state index contributed by atoms with van der Waals surface area (Å²) in [5, 5.41) is 2.59. The number of nitrogens with two attached hydrogens (primary N) is 1. The lowest BCUT2D eigenvalue weighted by atomic mass is 10.1. The molecule has 0 radical (unpaired) electrons. The van der Waals surface area contributed by atoms with Gasteiger partial charge >= 0.3 is 0 Å². The molecule has 1 aliphatic carbocycles. The maximum Gasteiger partial charge on any atom is 0.265 e. The number of nitrogens with zero attached hydrogens (tertiary/aromatic N) is 2. The molecule has 1 aromatic rings. The largest absolute Gasteiger partial charge is 0.370 e. The van der Waals surface area contributed by atoms with Gasteiger partial charge in [-0.05, 0) is 44.0 Å². The van der Waals surface area contributed by atoms with Gasteiger partial charge in [0, 0.05) is 36.6 Å². The van der Waals surface area contributed by atoms with Crippen LogP contribution in [-0.2, 0) is 14.3 Å². The number of halogens is 2. The summed E-state index contributed by atoms with van der Waals surface area (Å²) in [7, 11) is 1.82. The predicted octanol–water partition coefficient (Wildman–Crippen LogP) is 1.59. The van der Waals surface area contributed by atoms with Crippen LogP contribution in [0.25, 0.3) is 0 Å². The second-order valence-electron chi connectivity index (χ2n) is 7.29. The number of hydrogen-bond donors (Lipinski definition) is 2. The summed E-state index contributed by atoms with van der Waals surface area (Å²) in [6, 6.07) is 3.61. The van der Waals surface area contributed by atoms with Gasteiger partial charge in [-0.2, -0.15) is 0 Å². The van der Waals surface area contributed by atoms with E-state index in [0.29, 0.717) is 24.8 Å². The van der Waals surface area contributed by atoms with Crippen molar-refractivity contribution >= 4 is 23.2 Å². The zero-order chi connectivity index (χ0) is 20.3. The van der Waals surface area contributed by atoms with Crippen LogP contribution in [0.2, 0.25) is 0 Å². The van der Waals surface area contributed by atoms with Crippen LogP contribution in [0.1, 0.15) is 24.8 Å². The molecule has 28 heavy (non-hydrogen) atoms. The molecule has 1 saturated heterocycles. The third-order valence-electron chi connectivity index (χ3n) is 5.13. The predicted molar refractivity (Wildman–Crippen MR) is 101 cm³/mol. The average Bonchev–Trinajstić information content (AvgIpc) is 3.47. The summed E-state index contributed by atoms with van der Waals surface area (Å²) in [6.45, 7) is 1.43. The van der Waals surface area contributed by atoms with Gasteiger partial charge < -0.3 is 20.7 Å². The molecule has 2 amide bonds. The first kappa shape index (κ1) is 20.6. The molecule has 1 aliphatic heterocycles. The van der Waals surface area contributed by atoms with Crippen LogP contribution in [0.5, 0.6) is 0 Å². The maximum atomic E-state index is 13.6. The molecule has 3 N–H and O–H groups in total. The van der Waals surface area contributed by atoms with Crippen LogP contribution in [-0.4, -0.2) is 62.7 Å². The van der Waals surface area contributed by atoms with Gasteiger partial charge in [0.1, 0.15) is 12.6 Å². The molecule has 2 fully saturated rings. The number of anilines is 2. The first-order valence-electron chi connectivity index (χ1n) is 9.42. The minimum atomic E-state index is -2.80. The van der Waals surface area contributed by atoms with Crippen LogP contribution in [0.15, 0.2) is 18.2 Å². The lowest BCUT2D eigenvalue weighted by Gasteiger charge is -2.28. The molecule has 1 aromatic carbocycles. The van der Waals surface area contributed by atoms with Gasteiger partial charge in [-0.1, -0.05) is 0 Å². The number of amides is 2. The molecule has 1 heterocycles. The molecule has 2 aliphatic rings. The van der Waals surface area contributed by atoms with Crippen molar-refractivity contribution in [2.75, 3.05) is 50.1 Å². The van der Waals surface area contributed by atoms with Crippen molar-refractivity contribution in [2.24, 2.45) is 11.7 Å². The van der Waals surface area contributed by atoms with Crippen LogP contribution >= 0.6 is 0 Å². The highest BCUT2D eigenvalue weighted by atomic mass is 19.3. The summed E-state index contributed by atoms with van der Waals surface area (Å²) in [4.78, 5) is 27.9. The second-order valence-corrected chi connectivity index (χ2v) is 7.29. The fourth-order valence-electron chi connectivity index (χ4n) is 3.34. The third-order valence-corrected chi connectivity index (χ3v) is 5.13. The summed E-state index contributed by atoms with van der Waals surface area (Å²) in [5.74, 6) is -0.121. The quantitative estimate of drug-likeness (QED) is 0.697. The van der Waals surface area contributed by atoms with Crippen molar-refractivity contribution in [1.82, 2.24) is 4.90 Å². The summed E-state index contributed by atoms with van der Waals surface area (Å²) in [5.41, 5.74) is 5.82. The number of ether oxygens (including phenoxy) is 1. The lowest BCUT2D eigenvalue weighted by molar-refractivity contribution is -0.125. The van der Waals surface area contributed by atoms with E-state index in [1.807, 2.05) is 11.9 Å². The number of morpholine rings is 1. The molecule has 9 heteroatoms. The Kier molecular flexibility index (Phi) is 6.58. The molecule has 0 aromatic heterocycles. The van der Waals surface area contributed by atoms with E-state index in [0.717, 1.165) is 19.4 Å². The van der Waals surface area contributed by atoms with Gasteiger partial charge in [-0.3, -0.25) is 14.5 Å². The zero-order valence-corrected chi connectivity index (χ0v) is 15.9. The van der Waals surface area contributed by atoms with E-state index in [4.69, 9.17) is 10.5 Å². The highest BCUT2D eigenvalue weighted by Crippen LogP contribution is 2.32. The van der Waals surface area contributed by atoms with E-state index < -0.39 is 18.4 Å². The molecule has 7 nitrogen and oxygen atoms in total. The van der Waals surface area contributed by atoms with Crippen LogP contribution in [0, 0.1) is 5.92 Å². The Morgan fingerprint density at radius 2 is 2.18 bits per heavy atom. The Morgan fingerprint density at radius 1 is 1.43 bits per heavy atom. The van der Waals surface area contributed by atoms with Gasteiger partial charge in [0.05, 0.1) is 6.61 Å². The van der Waals surface area contributed by atoms with E-state index in [2.05, 4.69) is 5.32 Å². The molecule has 0 unspecified atom stereocenters. The van der Waals surface area contributed by atoms with Gasteiger partial charge in [-0.25, -0.2) is 8.78 Å². The Hall–Kier alpha value is -2.10. The van der Waals surface area contributed by atoms with Gasteiger partial charge in [0.15, 0.2) is 0 Å². The van der Waals surface area contributed by atoms with Crippen molar-refractivity contribution in [2.45, 2.75) is 25.3 Å². The summed E-state index contributed by atoms with van der Waals surface area (Å²) < 4.78 is 32.3. The molecule has 1 atom stereocenters. The second kappa shape index (κ2) is 8.93. The highest BCUT2D eigenvalue weighted by Gasteiger charge is 2.30. The smallest absolute Gasteiger partial charge is 0.265 e. The Bertz CT molecular complexity index is 727.